The van der Waals surface area contributed by atoms with E-state index in [1.165, 1.54) is 30.2 Å². The predicted molar refractivity (Wildman–Crippen MR) is 113 cm³/mol. The van der Waals surface area contributed by atoms with Gasteiger partial charge in [0.1, 0.15) is 5.75 Å². The lowest BCUT2D eigenvalue weighted by atomic mass is 10.1. The fourth-order valence-electron chi connectivity index (χ4n) is 3.55. The standard InChI is InChI=1S/C21H21N3O5.ClH/c1-28-13-5-7-17(22)18(10-13)23-19(25)12-4-6-15-16(9-12)21(27)24(20(15)26)11-14-3-2-8-29-14;/h4-7,9-10,14H,2-3,8,11,22H2,1H3,(H,23,25);1H. The Morgan fingerprint density at radius 2 is 1.97 bits per heavy atom. The van der Waals surface area contributed by atoms with Gasteiger partial charge in [0.05, 0.1) is 42.3 Å². The zero-order chi connectivity index (χ0) is 20.5. The Morgan fingerprint density at radius 3 is 2.67 bits per heavy atom. The maximum atomic E-state index is 12.7. The van der Waals surface area contributed by atoms with Gasteiger partial charge in [-0.1, -0.05) is 0 Å². The van der Waals surface area contributed by atoms with E-state index < -0.39 is 11.8 Å². The molecular formula is C21H22ClN3O5. The number of nitrogen functional groups attached to an aromatic ring is 1. The van der Waals surface area contributed by atoms with Gasteiger partial charge in [-0.2, -0.15) is 0 Å². The first-order valence-corrected chi connectivity index (χ1v) is 9.34. The quantitative estimate of drug-likeness (QED) is 0.556. The van der Waals surface area contributed by atoms with Crippen molar-refractivity contribution in [3.63, 3.8) is 0 Å². The number of rotatable bonds is 5. The molecular weight excluding hydrogens is 410 g/mol. The maximum Gasteiger partial charge on any atom is 0.261 e. The molecule has 2 aromatic rings. The van der Waals surface area contributed by atoms with Crippen LogP contribution in [0.1, 0.15) is 43.9 Å². The molecule has 2 aliphatic heterocycles. The summed E-state index contributed by atoms with van der Waals surface area (Å²) < 4.78 is 10.7. The van der Waals surface area contributed by atoms with Crippen LogP contribution in [-0.4, -0.2) is 49.0 Å². The lowest BCUT2D eigenvalue weighted by molar-refractivity contribution is 0.0475. The number of hydrogen-bond acceptors (Lipinski definition) is 6. The first-order chi connectivity index (χ1) is 14.0. The average Bonchev–Trinajstić information content (AvgIpc) is 3.32. The van der Waals surface area contributed by atoms with Gasteiger partial charge in [0, 0.05) is 18.2 Å². The van der Waals surface area contributed by atoms with Crippen molar-refractivity contribution < 1.29 is 23.9 Å². The fraction of sp³-hybridized carbons (Fsp3) is 0.286. The van der Waals surface area contributed by atoms with Crippen LogP contribution < -0.4 is 15.8 Å². The number of amides is 3. The summed E-state index contributed by atoms with van der Waals surface area (Å²) in [6.45, 7) is 0.875. The highest BCUT2D eigenvalue weighted by atomic mass is 35.5. The van der Waals surface area contributed by atoms with Gasteiger partial charge in [-0.05, 0) is 43.2 Å². The minimum atomic E-state index is -0.439. The summed E-state index contributed by atoms with van der Waals surface area (Å²) in [6.07, 6.45) is 1.62. The summed E-state index contributed by atoms with van der Waals surface area (Å²) in [7, 11) is 1.52. The van der Waals surface area contributed by atoms with Crippen molar-refractivity contribution in [3.8, 4) is 5.75 Å². The zero-order valence-corrected chi connectivity index (χ0v) is 17.2. The maximum absolute atomic E-state index is 12.7. The van der Waals surface area contributed by atoms with Gasteiger partial charge in [-0.3, -0.25) is 19.3 Å². The van der Waals surface area contributed by atoms with Crippen molar-refractivity contribution in [3.05, 3.63) is 53.1 Å². The second kappa shape index (κ2) is 8.73. The van der Waals surface area contributed by atoms with Crippen LogP contribution in [0.2, 0.25) is 0 Å². The van der Waals surface area contributed by atoms with Crippen LogP contribution in [0.15, 0.2) is 36.4 Å². The highest BCUT2D eigenvalue weighted by molar-refractivity contribution is 6.22. The number of ether oxygens (including phenoxy) is 2. The van der Waals surface area contributed by atoms with E-state index in [1.54, 1.807) is 18.2 Å². The third kappa shape index (κ3) is 3.96. The average molecular weight is 432 g/mol. The minimum Gasteiger partial charge on any atom is -0.497 e. The van der Waals surface area contributed by atoms with E-state index in [2.05, 4.69) is 5.32 Å². The van der Waals surface area contributed by atoms with Crippen molar-refractivity contribution in [1.82, 2.24) is 4.90 Å². The lowest BCUT2D eigenvalue weighted by Crippen LogP contribution is -2.36. The largest absolute Gasteiger partial charge is 0.497 e. The summed E-state index contributed by atoms with van der Waals surface area (Å²) in [4.78, 5) is 39.2. The number of anilines is 2. The van der Waals surface area contributed by atoms with E-state index in [4.69, 9.17) is 15.2 Å². The first kappa shape index (κ1) is 21.6. The number of benzene rings is 2. The number of imide groups is 1. The summed E-state index contributed by atoms with van der Waals surface area (Å²) in [6, 6.07) is 9.39. The Balaban J connectivity index is 0.00000256. The summed E-state index contributed by atoms with van der Waals surface area (Å²) in [5.41, 5.74) is 7.47. The number of halogens is 1. The van der Waals surface area contributed by atoms with Gasteiger partial charge in [0.25, 0.3) is 17.7 Å². The number of fused-ring (bicyclic) bond motifs is 1. The molecule has 9 heteroatoms. The zero-order valence-electron chi connectivity index (χ0n) is 16.3. The number of nitrogens with two attached hydrogens (primary N) is 1. The monoisotopic (exact) mass is 431 g/mol. The molecule has 8 nitrogen and oxygen atoms in total. The smallest absolute Gasteiger partial charge is 0.261 e. The molecule has 2 heterocycles. The number of nitrogens with zero attached hydrogens (tertiary/aromatic N) is 1. The molecule has 3 N–H and O–H groups in total. The van der Waals surface area contributed by atoms with E-state index in [-0.39, 0.29) is 42.1 Å². The molecule has 2 aromatic carbocycles. The van der Waals surface area contributed by atoms with Crippen LogP contribution in [0.4, 0.5) is 11.4 Å². The highest BCUT2D eigenvalue weighted by Gasteiger charge is 2.38. The molecule has 0 bridgehead atoms. The Morgan fingerprint density at radius 1 is 1.20 bits per heavy atom. The molecule has 1 unspecified atom stereocenters. The second-order valence-electron chi connectivity index (χ2n) is 7.02. The highest BCUT2D eigenvalue weighted by Crippen LogP contribution is 2.28. The van der Waals surface area contributed by atoms with Crippen LogP contribution in [0.5, 0.6) is 5.75 Å². The van der Waals surface area contributed by atoms with E-state index >= 15 is 0 Å². The molecule has 1 atom stereocenters. The van der Waals surface area contributed by atoms with Crippen LogP contribution in [0.25, 0.3) is 0 Å². The first-order valence-electron chi connectivity index (χ1n) is 9.34. The third-order valence-electron chi connectivity index (χ3n) is 5.15. The van der Waals surface area contributed by atoms with Gasteiger partial charge in [-0.25, -0.2) is 0 Å². The van der Waals surface area contributed by atoms with E-state index in [9.17, 15) is 14.4 Å². The Labute approximate surface area is 179 Å². The number of methoxy groups -OCH3 is 1. The molecule has 0 saturated carbocycles. The van der Waals surface area contributed by atoms with Crippen LogP contribution >= 0.6 is 12.4 Å². The molecule has 0 aliphatic carbocycles. The Hall–Kier alpha value is -3.10. The fourth-order valence-corrected chi connectivity index (χ4v) is 3.55. The predicted octanol–water partition coefficient (Wildman–Crippen LogP) is 2.73. The normalized spacial score (nSPS) is 17.5. The molecule has 0 spiro atoms. The third-order valence-corrected chi connectivity index (χ3v) is 5.15. The molecule has 1 saturated heterocycles. The molecule has 30 heavy (non-hydrogen) atoms. The van der Waals surface area contributed by atoms with Crippen LogP contribution in [0.3, 0.4) is 0 Å². The Bertz CT molecular complexity index is 1000. The summed E-state index contributed by atoms with van der Waals surface area (Å²) in [5, 5.41) is 2.71. The number of nitrogens with one attached hydrogen (secondary N) is 1. The lowest BCUT2D eigenvalue weighted by Gasteiger charge is -2.17. The van der Waals surface area contributed by atoms with Crippen LogP contribution in [0, 0.1) is 0 Å². The summed E-state index contributed by atoms with van der Waals surface area (Å²) in [5.74, 6) is -0.653. The SMILES string of the molecule is COc1ccc(N)c(NC(=O)c2ccc3c(c2)C(=O)N(CC2CCCO2)C3=O)c1.Cl. The molecule has 0 radical (unpaired) electrons. The Kier molecular flexibility index (Phi) is 6.28. The number of hydrogen-bond donors (Lipinski definition) is 2. The molecule has 158 valence electrons. The molecule has 1 fully saturated rings. The van der Waals surface area contributed by atoms with Crippen LogP contribution in [-0.2, 0) is 4.74 Å². The van der Waals surface area contributed by atoms with Crippen molar-refractivity contribution in [2.45, 2.75) is 18.9 Å². The number of carbonyl (C=O) groups is 3. The van der Waals surface area contributed by atoms with Crippen molar-refractivity contribution in [2.24, 2.45) is 0 Å². The van der Waals surface area contributed by atoms with Crippen molar-refractivity contribution >= 4 is 41.5 Å². The second-order valence-corrected chi connectivity index (χ2v) is 7.02. The topological polar surface area (TPSA) is 111 Å². The van der Waals surface area contributed by atoms with E-state index in [0.717, 1.165) is 12.8 Å². The van der Waals surface area contributed by atoms with Crippen molar-refractivity contribution in [2.75, 3.05) is 31.3 Å². The molecule has 0 aromatic heterocycles. The van der Waals surface area contributed by atoms with E-state index in [0.29, 0.717) is 29.3 Å². The minimum absolute atomic E-state index is 0. The van der Waals surface area contributed by atoms with Gasteiger partial charge in [-0.15, -0.1) is 12.4 Å². The molecule has 4 rings (SSSR count). The van der Waals surface area contributed by atoms with Gasteiger partial charge in [0.15, 0.2) is 0 Å². The van der Waals surface area contributed by atoms with Gasteiger partial charge >= 0.3 is 0 Å². The molecule has 2 aliphatic rings. The van der Waals surface area contributed by atoms with E-state index in [1.807, 2.05) is 0 Å². The van der Waals surface area contributed by atoms with Crippen molar-refractivity contribution in [1.29, 1.82) is 0 Å². The summed E-state index contributed by atoms with van der Waals surface area (Å²) >= 11 is 0. The molecule has 3 amide bonds. The van der Waals surface area contributed by atoms with Gasteiger partial charge < -0.3 is 20.5 Å². The van der Waals surface area contributed by atoms with Gasteiger partial charge in [0.2, 0.25) is 0 Å². The number of carbonyl (C=O) groups excluding carboxylic acids is 3.